The first-order valence-corrected chi connectivity index (χ1v) is 21.6. The van der Waals surface area contributed by atoms with E-state index < -0.39 is 136 Å². The maximum absolute atomic E-state index is 13.9. The lowest BCUT2D eigenvalue weighted by Crippen LogP contribution is -2.76. The summed E-state index contributed by atoms with van der Waals surface area (Å²) < 4.78 is 55.6. The number of allylic oxidation sites excluding steroid dienone is 1. The Labute approximate surface area is 366 Å². The van der Waals surface area contributed by atoms with Gasteiger partial charge in [0.1, 0.15) is 48.8 Å². The van der Waals surface area contributed by atoms with Gasteiger partial charge in [0.25, 0.3) is 0 Å². The molecule has 10 unspecified atom stereocenters. The van der Waals surface area contributed by atoms with Crippen LogP contribution < -0.4 is 0 Å². The monoisotopic (exact) mass is 878 g/mol. The lowest BCUT2D eigenvalue weighted by atomic mass is 9.36. The van der Waals surface area contributed by atoms with Crippen molar-refractivity contribution in [3.05, 3.63) is 53.6 Å². The Bertz CT molecular complexity index is 2110. The van der Waals surface area contributed by atoms with E-state index in [1.165, 1.54) is 47.8 Å². The molecule has 342 valence electrons. The van der Waals surface area contributed by atoms with E-state index in [1.807, 2.05) is 50.3 Å². The van der Waals surface area contributed by atoms with Crippen LogP contribution in [0.15, 0.2) is 48.1 Å². The molecule has 3 aliphatic heterocycles. The van der Waals surface area contributed by atoms with Gasteiger partial charge in [-0.3, -0.25) is 24.0 Å². The van der Waals surface area contributed by atoms with Gasteiger partial charge >= 0.3 is 41.8 Å². The van der Waals surface area contributed by atoms with Gasteiger partial charge in [-0.25, -0.2) is 9.59 Å². The fourth-order valence-corrected chi connectivity index (χ4v) is 12.9. The molecule has 3 aliphatic carbocycles. The van der Waals surface area contributed by atoms with Gasteiger partial charge in [-0.15, -0.1) is 0 Å². The van der Waals surface area contributed by atoms with E-state index in [0.717, 1.165) is 11.1 Å². The van der Waals surface area contributed by atoms with Crippen molar-refractivity contribution in [2.75, 3.05) is 13.7 Å². The molecule has 15 atom stereocenters. The molecule has 2 saturated heterocycles. The van der Waals surface area contributed by atoms with Crippen LogP contribution in [0.1, 0.15) is 93.6 Å². The number of hydrogen-bond donors (Lipinski definition) is 0. The van der Waals surface area contributed by atoms with E-state index in [-0.39, 0.29) is 12.8 Å². The summed E-state index contributed by atoms with van der Waals surface area (Å²) in [7, 11) is 1.28. The van der Waals surface area contributed by atoms with Crippen LogP contribution in [-0.4, -0.2) is 109 Å². The summed E-state index contributed by atoms with van der Waals surface area (Å²) in [6, 6.07) is 9.54. The third kappa shape index (κ3) is 7.34. The lowest BCUT2D eigenvalue weighted by molar-refractivity contribution is -0.304. The molecule has 16 heteroatoms. The van der Waals surface area contributed by atoms with Crippen molar-refractivity contribution in [2.45, 2.75) is 142 Å². The zero-order valence-corrected chi connectivity index (χ0v) is 37.5. The average molecular weight is 879 g/mol. The average Bonchev–Trinajstić information content (AvgIpc) is 4.12. The van der Waals surface area contributed by atoms with Crippen LogP contribution in [0.2, 0.25) is 0 Å². The number of cyclic esters (lactones) is 1. The molecule has 0 radical (unpaired) electrons. The molecule has 1 aromatic carbocycles. The number of carbonyl (C=O) groups is 7. The van der Waals surface area contributed by atoms with Gasteiger partial charge < -0.3 is 42.6 Å². The molecular weight excluding hydrogens is 821 g/mol. The largest absolute Gasteiger partial charge is 0.467 e. The minimum absolute atomic E-state index is 0.168. The van der Waals surface area contributed by atoms with Crippen molar-refractivity contribution in [1.29, 1.82) is 0 Å². The maximum Gasteiger partial charge on any atom is 0.344 e. The highest BCUT2D eigenvalue weighted by Gasteiger charge is 2.89. The fourth-order valence-electron chi connectivity index (χ4n) is 12.9. The van der Waals surface area contributed by atoms with Crippen molar-refractivity contribution < 1.29 is 76.2 Å². The molecule has 0 N–H and O–H groups in total. The van der Waals surface area contributed by atoms with Crippen molar-refractivity contribution in [3.8, 4) is 0 Å². The molecule has 63 heavy (non-hydrogen) atoms. The summed E-state index contributed by atoms with van der Waals surface area (Å²) >= 11 is 0. The van der Waals surface area contributed by atoms with E-state index in [4.69, 9.17) is 42.6 Å². The smallest absolute Gasteiger partial charge is 0.344 e. The van der Waals surface area contributed by atoms with Crippen molar-refractivity contribution in [3.63, 3.8) is 0 Å². The van der Waals surface area contributed by atoms with Crippen LogP contribution in [0.25, 0.3) is 6.08 Å². The molecule has 6 aliphatic rings. The molecule has 5 fully saturated rings. The van der Waals surface area contributed by atoms with Crippen LogP contribution in [-0.2, 0) is 76.2 Å². The zero-order valence-electron chi connectivity index (χ0n) is 37.5. The summed E-state index contributed by atoms with van der Waals surface area (Å²) in [5.74, 6) is -7.33. The lowest BCUT2D eigenvalue weighted by Gasteiger charge is -2.69. The first kappa shape index (κ1) is 45.9. The summed E-state index contributed by atoms with van der Waals surface area (Å²) in [6.45, 7) is 13.0. The number of epoxide rings is 2. The Kier molecular flexibility index (Phi) is 12.0. The van der Waals surface area contributed by atoms with Gasteiger partial charge in [-0.05, 0) is 48.7 Å². The van der Waals surface area contributed by atoms with Gasteiger partial charge in [0, 0.05) is 64.4 Å². The van der Waals surface area contributed by atoms with Gasteiger partial charge in [-0.2, -0.15) is 0 Å². The molecule has 7 rings (SSSR count). The number of fused-ring (bicyclic) bond motifs is 6. The van der Waals surface area contributed by atoms with Crippen LogP contribution in [0.4, 0.5) is 0 Å². The van der Waals surface area contributed by atoms with Crippen LogP contribution in [0.3, 0.4) is 0 Å². The molecule has 0 amide bonds. The maximum atomic E-state index is 13.9. The summed E-state index contributed by atoms with van der Waals surface area (Å²) in [5.41, 5.74) is -5.22. The summed E-state index contributed by atoms with van der Waals surface area (Å²) in [4.78, 5) is 93.5. The molecule has 1 aromatic rings. The van der Waals surface area contributed by atoms with E-state index in [2.05, 4.69) is 0 Å². The molecule has 3 heterocycles. The molecule has 0 spiro atoms. The Morgan fingerprint density at radius 2 is 1.52 bits per heavy atom. The minimum Gasteiger partial charge on any atom is -0.467 e. The third-order valence-corrected chi connectivity index (χ3v) is 14.9. The predicted molar refractivity (Wildman–Crippen MR) is 218 cm³/mol. The first-order valence-electron chi connectivity index (χ1n) is 21.6. The van der Waals surface area contributed by atoms with E-state index in [1.54, 1.807) is 19.9 Å². The number of benzene rings is 1. The quantitative estimate of drug-likeness (QED) is 0.157. The molecule has 16 nitrogen and oxygen atoms in total. The van der Waals surface area contributed by atoms with E-state index >= 15 is 0 Å². The molecule has 0 bridgehead atoms. The van der Waals surface area contributed by atoms with Gasteiger partial charge in [-0.1, -0.05) is 63.3 Å². The van der Waals surface area contributed by atoms with Crippen molar-refractivity contribution in [1.82, 2.24) is 0 Å². The number of carbonyl (C=O) groups excluding carboxylic acids is 7. The molecule has 3 saturated carbocycles. The molecule has 0 aromatic heterocycles. The fraction of sp³-hybridized carbons (Fsp3) is 0.638. The number of ether oxygens (including phenoxy) is 9. The highest BCUT2D eigenvalue weighted by Crippen LogP contribution is 2.76. The number of hydrogen-bond acceptors (Lipinski definition) is 16. The summed E-state index contributed by atoms with van der Waals surface area (Å²) in [6.07, 6.45) is -1.83. The Morgan fingerprint density at radius 1 is 0.873 bits per heavy atom. The Balaban J connectivity index is 1.54. The number of esters is 7. The second-order valence-electron chi connectivity index (χ2n) is 18.5. The second-order valence-corrected chi connectivity index (χ2v) is 18.5. The zero-order chi connectivity index (χ0) is 46.0. The van der Waals surface area contributed by atoms with Gasteiger partial charge in [0.05, 0.1) is 12.5 Å². The van der Waals surface area contributed by atoms with Crippen LogP contribution in [0.5, 0.6) is 0 Å². The van der Waals surface area contributed by atoms with E-state index in [9.17, 15) is 33.6 Å². The third-order valence-electron chi connectivity index (χ3n) is 14.9. The van der Waals surface area contributed by atoms with E-state index in [0.29, 0.717) is 12.8 Å². The predicted octanol–water partition coefficient (Wildman–Crippen LogP) is 4.78. The van der Waals surface area contributed by atoms with Crippen molar-refractivity contribution in [2.24, 2.45) is 34.0 Å². The Morgan fingerprint density at radius 3 is 2.11 bits per heavy atom. The number of rotatable bonds is 12. The second kappa shape index (κ2) is 16.5. The standard InChI is InChI=1S/C47H58O16/c1-11-32(58-26(4)49)39(60-28(6)51)44(9)34(46-22-31(21-30-15-13-12-14-16-30)38-47(62-38,41(46)63-46)42(54)55-10)19-20-43(8)33-17-18-35(53)56-23-45(33,24(2)57-25(3)48)40(61-29(7)52)36(37(43)44)59-27(5)50/h12-18,21,24,32-34,36-41H,11,19-20,22-23H2,1-10H3/b31-21+/t24-,32?,33-,34?,36-,37?,38?,39?,40-,41?,43?,44?,45?,46?,47+/m0/s1. The van der Waals surface area contributed by atoms with Gasteiger partial charge in [0.15, 0.2) is 6.10 Å². The Hall–Kier alpha value is -5.09. The topological polar surface area (TPSA) is 209 Å². The SMILES string of the molecule is CCC(OC(C)=O)C(OC(C)=O)C1(C)C(C23C/C(=C\c4ccccc4)C4O[C@@]4(C(=O)OC)C2O3)CCC2(C)C1[C@H](OC(C)=O)[C@H](OC(C)=O)C1([C@H](C)OC(C)=O)COC(=O)C=C[C@@H]21. The minimum atomic E-state index is -1.55. The highest BCUT2D eigenvalue weighted by atomic mass is 16.7. The van der Waals surface area contributed by atoms with Crippen molar-refractivity contribution >= 4 is 47.9 Å². The van der Waals surface area contributed by atoms with Gasteiger partial charge in [0.2, 0.25) is 5.60 Å². The van der Waals surface area contributed by atoms with Crippen LogP contribution in [0, 0.1) is 34.0 Å². The van der Waals surface area contributed by atoms with Crippen LogP contribution >= 0.6 is 0 Å². The molecular formula is C47H58O16. The first-order chi connectivity index (χ1) is 29.7. The summed E-state index contributed by atoms with van der Waals surface area (Å²) in [5, 5.41) is 0. The normalized spacial score (nSPS) is 39.1. The number of methoxy groups -OCH3 is 1. The highest BCUT2D eigenvalue weighted by molar-refractivity contribution is 5.88.